The van der Waals surface area contributed by atoms with Crippen LogP contribution in [0.3, 0.4) is 0 Å². The standard InChI is InChI=1S/C22H30N6O/c29-22(19-8-2-1-6-18(19)15-26-10-3-4-11-26)27-12-13-28-20(16-27)24-25-21(28)17-7-5-9-23-14-17/h1-2,6,8,17,23H,3-5,7,9-16H2/t17-/m1/s1. The minimum Gasteiger partial charge on any atom is -0.329 e. The Morgan fingerprint density at radius 2 is 1.93 bits per heavy atom. The average Bonchev–Trinajstić information content (AvgIpc) is 3.43. The van der Waals surface area contributed by atoms with Gasteiger partial charge in [-0.15, -0.1) is 10.2 Å². The molecular formula is C22H30N6O. The van der Waals surface area contributed by atoms with Crippen LogP contribution in [0.1, 0.15) is 59.2 Å². The van der Waals surface area contributed by atoms with E-state index < -0.39 is 0 Å². The Kier molecular flexibility index (Phi) is 5.33. The number of hydrogen-bond acceptors (Lipinski definition) is 5. The van der Waals surface area contributed by atoms with Crippen LogP contribution in [-0.2, 0) is 19.6 Å². The van der Waals surface area contributed by atoms with Crippen molar-refractivity contribution in [1.82, 2.24) is 29.9 Å². The van der Waals surface area contributed by atoms with Crippen molar-refractivity contribution < 1.29 is 4.79 Å². The lowest BCUT2D eigenvalue weighted by molar-refractivity contribution is 0.0703. The molecule has 1 N–H and O–H groups in total. The molecule has 0 spiro atoms. The molecule has 4 heterocycles. The van der Waals surface area contributed by atoms with E-state index >= 15 is 0 Å². The molecule has 154 valence electrons. The highest BCUT2D eigenvalue weighted by Crippen LogP contribution is 2.25. The predicted octanol–water partition coefficient (Wildman–Crippen LogP) is 2.00. The molecule has 0 bridgehead atoms. The quantitative estimate of drug-likeness (QED) is 0.859. The van der Waals surface area contributed by atoms with E-state index in [4.69, 9.17) is 0 Å². The summed E-state index contributed by atoms with van der Waals surface area (Å²) in [6.45, 7) is 7.25. The number of aromatic nitrogens is 3. The van der Waals surface area contributed by atoms with Gasteiger partial charge in [0.2, 0.25) is 0 Å². The fourth-order valence-electron chi connectivity index (χ4n) is 4.95. The van der Waals surface area contributed by atoms with Gasteiger partial charge in [0.25, 0.3) is 5.91 Å². The Morgan fingerprint density at radius 3 is 2.76 bits per heavy atom. The third-order valence-electron chi connectivity index (χ3n) is 6.57. The summed E-state index contributed by atoms with van der Waals surface area (Å²) >= 11 is 0. The van der Waals surface area contributed by atoms with Gasteiger partial charge in [-0.3, -0.25) is 9.69 Å². The van der Waals surface area contributed by atoms with Gasteiger partial charge < -0.3 is 14.8 Å². The number of nitrogens with zero attached hydrogens (tertiary/aromatic N) is 5. The number of likely N-dealkylation sites (tertiary alicyclic amines) is 1. The zero-order valence-corrected chi connectivity index (χ0v) is 17.0. The van der Waals surface area contributed by atoms with Gasteiger partial charge >= 0.3 is 0 Å². The number of benzene rings is 1. The molecule has 0 radical (unpaired) electrons. The van der Waals surface area contributed by atoms with Crippen molar-refractivity contribution in [1.29, 1.82) is 0 Å². The lowest BCUT2D eigenvalue weighted by Gasteiger charge is -2.30. The lowest BCUT2D eigenvalue weighted by Crippen LogP contribution is -2.40. The van der Waals surface area contributed by atoms with Crippen molar-refractivity contribution in [3.8, 4) is 0 Å². The molecule has 0 saturated carbocycles. The fraction of sp³-hybridized carbons (Fsp3) is 0.591. The maximum absolute atomic E-state index is 13.4. The van der Waals surface area contributed by atoms with Gasteiger partial charge in [0.1, 0.15) is 5.82 Å². The molecule has 1 amide bonds. The molecule has 1 aromatic carbocycles. The number of rotatable bonds is 4. The van der Waals surface area contributed by atoms with E-state index in [9.17, 15) is 4.79 Å². The molecule has 0 aliphatic carbocycles. The van der Waals surface area contributed by atoms with Gasteiger partial charge in [-0.1, -0.05) is 18.2 Å². The van der Waals surface area contributed by atoms with E-state index in [1.807, 2.05) is 23.1 Å². The Morgan fingerprint density at radius 1 is 1.07 bits per heavy atom. The van der Waals surface area contributed by atoms with Crippen LogP contribution in [0.25, 0.3) is 0 Å². The third kappa shape index (κ3) is 3.81. The maximum Gasteiger partial charge on any atom is 0.254 e. The summed E-state index contributed by atoms with van der Waals surface area (Å²) < 4.78 is 2.25. The Labute approximate surface area is 172 Å². The van der Waals surface area contributed by atoms with Gasteiger partial charge in [0, 0.05) is 37.7 Å². The van der Waals surface area contributed by atoms with Crippen molar-refractivity contribution in [2.45, 2.75) is 51.2 Å². The number of carbonyl (C=O) groups excluding carboxylic acids is 1. The fourth-order valence-corrected chi connectivity index (χ4v) is 4.95. The molecule has 0 unspecified atom stereocenters. The maximum atomic E-state index is 13.4. The highest BCUT2D eigenvalue weighted by atomic mass is 16.2. The highest BCUT2D eigenvalue weighted by Gasteiger charge is 2.29. The highest BCUT2D eigenvalue weighted by molar-refractivity contribution is 5.95. The molecular weight excluding hydrogens is 364 g/mol. The summed E-state index contributed by atoms with van der Waals surface area (Å²) in [5.41, 5.74) is 1.98. The molecule has 7 nitrogen and oxygen atoms in total. The van der Waals surface area contributed by atoms with Crippen molar-refractivity contribution in [2.24, 2.45) is 0 Å². The number of hydrogen-bond donors (Lipinski definition) is 1. The summed E-state index contributed by atoms with van der Waals surface area (Å²) in [5.74, 6) is 2.57. The minimum absolute atomic E-state index is 0.120. The zero-order chi connectivity index (χ0) is 19.6. The van der Waals surface area contributed by atoms with Crippen LogP contribution in [0.2, 0.25) is 0 Å². The van der Waals surface area contributed by atoms with Gasteiger partial charge in [0.15, 0.2) is 5.82 Å². The third-order valence-corrected chi connectivity index (χ3v) is 6.57. The first-order valence-electron chi connectivity index (χ1n) is 11.0. The number of nitrogens with one attached hydrogen (secondary N) is 1. The number of piperidine rings is 1. The normalized spacial score (nSPS) is 22.6. The lowest BCUT2D eigenvalue weighted by atomic mass is 9.98. The van der Waals surface area contributed by atoms with E-state index in [-0.39, 0.29) is 5.91 Å². The number of fused-ring (bicyclic) bond motifs is 1. The van der Waals surface area contributed by atoms with Crippen LogP contribution in [0.4, 0.5) is 0 Å². The Balaban J connectivity index is 1.32. The van der Waals surface area contributed by atoms with Crippen LogP contribution in [0, 0.1) is 0 Å². The molecule has 1 aromatic heterocycles. The summed E-state index contributed by atoms with van der Waals surface area (Å²) in [7, 11) is 0. The SMILES string of the molecule is O=C(c1ccccc1CN1CCCC1)N1CCn2c(nnc2[C@@H]2CCCNC2)C1. The van der Waals surface area contributed by atoms with Gasteiger partial charge in [-0.05, 0) is 56.9 Å². The Hall–Kier alpha value is -2.25. The van der Waals surface area contributed by atoms with Gasteiger partial charge in [-0.25, -0.2) is 0 Å². The number of carbonyl (C=O) groups is 1. The summed E-state index contributed by atoms with van der Waals surface area (Å²) in [6, 6.07) is 8.10. The van der Waals surface area contributed by atoms with Crippen LogP contribution in [0.5, 0.6) is 0 Å². The van der Waals surface area contributed by atoms with Crippen LogP contribution >= 0.6 is 0 Å². The van der Waals surface area contributed by atoms with E-state index in [2.05, 4.69) is 31.0 Å². The molecule has 7 heteroatoms. The van der Waals surface area contributed by atoms with Crippen molar-refractivity contribution in [3.05, 3.63) is 47.0 Å². The summed E-state index contributed by atoms with van der Waals surface area (Å²) in [5, 5.41) is 12.4. The molecule has 2 aromatic rings. The van der Waals surface area contributed by atoms with Crippen molar-refractivity contribution in [2.75, 3.05) is 32.7 Å². The predicted molar refractivity (Wildman–Crippen MR) is 111 cm³/mol. The second-order valence-electron chi connectivity index (χ2n) is 8.54. The topological polar surface area (TPSA) is 66.3 Å². The Bertz CT molecular complexity index is 866. The molecule has 29 heavy (non-hydrogen) atoms. The molecule has 3 aliphatic heterocycles. The molecule has 1 atom stereocenters. The molecule has 2 saturated heterocycles. The van der Waals surface area contributed by atoms with E-state index in [1.165, 1.54) is 19.3 Å². The smallest absolute Gasteiger partial charge is 0.254 e. The van der Waals surface area contributed by atoms with E-state index in [1.54, 1.807) is 0 Å². The zero-order valence-electron chi connectivity index (χ0n) is 17.0. The van der Waals surface area contributed by atoms with Gasteiger partial charge in [0.05, 0.1) is 6.54 Å². The summed E-state index contributed by atoms with van der Waals surface area (Å²) in [4.78, 5) is 17.7. The van der Waals surface area contributed by atoms with Crippen molar-refractivity contribution in [3.63, 3.8) is 0 Å². The first-order chi connectivity index (χ1) is 14.3. The van der Waals surface area contributed by atoms with Crippen LogP contribution in [-0.4, -0.2) is 63.2 Å². The van der Waals surface area contributed by atoms with Gasteiger partial charge in [-0.2, -0.15) is 0 Å². The summed E-state index contributed by atoms with van der Waals surface area (Å²) in [6.07, 6.45) is 4.87. The van der Waals surface area contributed by atoms with Crippen molar-refractivity contribution >= 4 is 5.91 Å². The second kappa shape index (κ2) is 8.24. The van der Waals surface area contributed by atoms with E-state index in [0.717, 1.165) is 75.0 Å². The first kappa shape index (κ1) is 18.8. The van der Waals surface area contributed by atoms with E-state index in [0.29, 0.717) is 12.5 Å². The average molecular weight is 395 g/mol. The van der Waals surface area contributed by atoms with Crippen LogP contribution in [0.15, 0.2) is 24.3 Å². The monoisotopic (exact) mass is 394 g/mol. The van der Waals surface area contributed by atoms with Crippen LogP contribution < -0.4 is 5.32 Å². The number of amides is 1. The molecule has 2 fully saturated rings. The second-order valence-corrected chi connectivity index (χ2v) is 8.54. The molecule has 3 aliphatic rings. The largest absolute Gasteiger partial charge is 0.329 e. The molecule has 5 rings (SSSR count). The minimum atomic E-state index is 0.120. The first-order valence-corrected chi connectivity index (χ1v) is 11.0.